The van der Waals surface area contributed by atoms with Crippen molar-refractivity contribution in [1.29, 1.82) is 0 Å². The molecule has 2 aromatic heterocycles. The van der Waals surface area contributed by atoms with Gasteiger partial charge in [0.1, 0.15) is 0 Å². The van der Waals surface area contributed by atoms with Crippen LogP contribution in [0, 0.1) is 13.8 Å². The van der Waals surface area contributed by atoms with E-state index in [9.17, 15) is 8.42 Å². The first-order chi connectivity index (χ1) is 13.3. The Balaban J connectivity index is 1.78. The molecule has 3 rings (SSSR count). The summed E-state index contributed by atoms with van der Waals surface area (Å²) in [7, 11) is -3.48. The van der Waals surface area contributed by atoms with Gasteiger partial charge in [-0.1, -0.05) is 13.8 Å². The van der Waals surface area contributed by atoms with Gasteiger partial charge >= 0.3 is 0 Å². The normalized spacial score (nSPS) is 18.0. The number of nitrogens with zero attached hydrogens (tertiary/aromatic N) is 5. The van der Waals surface area contributed by atoms with Crippen LogP contribution in [0.15, 0.2) is 24.4 Å². The number of hydrogen-bond donors (Lipinski definition) is 1. The maximum atomic E-state index is 12.9. The number of nitrogens with one attached hydrogen (secondary N) is 1. The van der Waals surface area contributed by atoms with Crippen molar-refractivity contribution in [2.75, 3.05) is 25.0 Å². The highest BCUT2D eigenvalue weighted by Gasteiger charge is 2.38. The van der Waals surface area contributed by atoms with Crippen molar-refractivity contribution in [3.63, 3.8) is 0 Å². The molecule has 1 N–H and O–H groups in total. The summed E-state index contributed by atoms with van der Waals surface area (Å²) in [6, 6.07) is 5.46. The van der Waals surface area contributed by atoms with Crippen LogP contribution in [-0.2, 0) is 10.2 Å². The second-order valence-corrected chi connectivity index (χ2v) is 8.81. The molecule has 1 atom stereocenters. The van der Waals surface area contributed by atoms with E-state index in [2.05, 4.69) is 20.3 Å². The van der Waals surface area contributed by atoms with Crippen molar-refractivity contribution in [1.82, 2.24) is 23.6 Å². The summed E-state index contributed by atoms with van der Waals surface area (Å²) in [6.07, 6.45) is 3.32. The molecule has 0 saturated carbocycles. The van der Waals surface area contributed by atoms with Gasteiger partial charge in [0.05, 0.1) is 23.6 Å². The first kappa shape index (κ1) is 20.6. The predicted molar refractivity (Wildman–Crippen MR) is 110 cm³/mol. The Bertz CT molecular complexity index is 892. The number of pyridine rings is 1. The largest absolute Gasteiger partial charge is 0.323 e. The fraction of sp³-hybridized carbons (Fsp3) is 0.526. The predicted octanol–water partition coefficient (Wildman–Crippen LogP) is 2.96. The SMILES string of the molecule is CCN(CC)S(=O)(=O)N1CCC[C@@H]1c1ccc(Nc2nc(C)cc(C)n2)cn1. The molecule has 0 amide bonds. The number of aryl methyl sites for hydroxylation is 2. The molecule has 0 aromatic carbocycles. The van der Waals surface area contributed by atoms with Crippen LogP contribution in [0.5, 0.6) is 0 Å². The van der Waals surface area contributed by atoms with Crippen LogP contribution in [0.4, 0.5) is 11.6 Å². The Morgan fingerprint density at radius 3 is 2.43 bits per heavy atom. The Hall–Kier alpha value is -2.10. The van der Waals surface area contributed by atoms with Crippen LogP contribution in [0.2, 0.25) is 0 Å². The molecule has 0 unspecified atom stereocenters. The zero-order chi connectivity index (χ0) is 20.3. The smallest absolute Gasteiger partial charge is 0.282 e. The fourth-order valence-electron chi connectivity index (χ4n) is 3.60. The van der Waals surface area contributed by atoms with Crippen LogP contribution in [0.1, 0.15) is 49.8 Å². The second kappa shape index (κ2) is 8.50. The fourth-order valence-corrected chi connectivity index (χ4v) is 5.44. The topological polar surface area (TPSA) is 91.3 Å². The maximum Gasteiger partial charge on any atom is 0.282 e. The van der Waals surface area contributed by atoms with Crippen LogP contribution in [0.3, 0.4) is 0 Å². The molecule has 3 heterocycles. The lowest BCUT2D eigenvalue weighted by Crippen LogP contribution is -2.43. The molecule has 9 heteroatoms. The van der Waals surface area contributed by atoms with Gasteiger partial charge in [-0.25, -0.2) is 9.97 Å². The van der Waals surface area contributed by atoms with E-state index in [1.807, 2.05) is 45.9 Å². The zero-order valence-corrected chi connectivity index (χ0v) is 17.7. The van der Waals surface area contributed by atoms with Gasteiger partial charge in [0.15, 0.2) is 0 Å². The molecule has 1 aliphatic heterocycles. The van der Waals surface area contributed by atoms with Crippen LogP contribution in [-0.4, -0.2) is 51.6 Å². The van der Waals surface area contributed by atoms with E-state index in [1.165, 1.54) is 4.31 Å². The molecule has 0 spiro atoms. The van der Waals surface area contributed by atoms with Crippen LogP contribution in [0.25, 0.3) is 0 Å². The summed E-state index contributed by atoms with van der Waals surface area (Å²) < 4.78 is 29.0. The second-order valence-electron chi connectivity index (χ2n) is 6.93. The first-order valence-electron chi connectivity index (χ1n) is 9.67. The summed E-state index contributed by atoms with van der Waals surface area (Å²) in [6.45, 7) is 9.03. The Morgan fingerprint density at radius 1 is 1.18 bits per heavy atom. The van der Waals surface area contributed by atoms with E-state index >= 15 is 0 Å². The van der Waals surface area contributed by atoms with Crippen molar-refractivity contribution in [2.45, 2.75) is 46.6 Å². The van der Waals surface area contributed by atoms with Crippen molar-refractivity contribution in [2.24, 2.45) is 0 Å². The molecule has 2 aromatic rings. The monoisotopic (exact) mass is 404 g/mol. The minimum Gasteiger partial charge on any atom is -0.323 e. The van der Waals surface area contributed by atoms with E-state index < -0.39 is 10.2 Å². The van der Waals surface area contributed by atoms with Crippen molar-refractivity contribution < 1.29 is 8.42 Å². The molecule has 0 radical (unpaired) electrons. The minimum atomic E-state index is -3.48. The summed E-state index contributed by atoms with van der Waals surface area (Å²) in [4.78, 5) is 13.3. The zero-order valence-electron chi connectivity index (χ0n) is 16.9. The highest BCUT2D eigenvalue weighted by molar-refractivity contribution is 7.86. The molecule has 8 nitrogen and oxygen atoms in total. The highest BCUT2D eigenvalue weighted by atomic mass is 32.2. The molecule has 0 aliphatic carbocycles. The van der Waals surface area contributed by atoms with Crippen LogP contribution >= 0.6 is 0 Å². The van der Waals surface area contributed by atoms with Gasteiger partial charge in [0, 0.05) is 31.0 Å². The van der Waals surface area contributed by atoms with E-state index in [1.54, 1.807) is 10.5 Å². The summed E-state index contributed by atoms with van der Waals surface area (Å²) in [5.41, 5.74) is 3.32. The quantitative estimate of drug-likeness (QED) is 0.763. The number of aromatic nitrogens is 3. The van der Waals surface area contributed by atoms with E-state index in [0.29, 0.717) is 25.6 Å². The van der Waals surface area contributed by atoms with Gasteiger partial charge in [-0.15, -0.1) is 0 Å². The minimum absolute atomic E-state index is 0.225. The summed E-state index contributed by atoms with van der Waals surface area (Å²) in [5, 5.41) is 3.16. The lowest BCUT2D eigenvalue weighted by atomic mass is 10.1. The van der Waals surface area contributed by atoms with Crippen LogP contribution < -0.4 is 5.32 Å². The average molecular weight is 405 g/mol. The molecular formula is C19H28N6O2S. The van der Waals surface area contributed by atoms with E-state index in [4.69, 9.17) is 0 Å². The standard InChI is InChI=1S/C19H28N6O2S/c1-5-24(6-2)28(26,27)25-11-7-8-18(25)17-10-9-16(13-20-17)23-19-21-14(3)12-15(4)22-19/h9-10,12-13,18H,5-8,11H2,1-4H3,(H,21,22,23)/t18-/m1/s1. The molecule has 152 valence electrons. The third kappa shape index (κ3) is 4.31. The molecular weight excluding hydrogens is 376 g/mol. The van der Waals surface area contributed by atoms with Crippen molar-refractivity contribution in [3.05, 3.63) is 41.5 Å². The summed E-state index contributed by atoms with van der Waals surface area (Å²) >= 11 is 0. The Labute approximate surface area is 167 Å². The maximum absolute atomic E-state index is 12.9. The molecule has 1 saturated heterocycles. The molecule has 0 bridgehead atoms. The lowest BCUT2D eigenvalue weighted by molar-refractivity contribution is 0.335. The van der Waals surface area contributed by atoms with E-state index in [0.717, 1.165) is 35.6 Å². The molecule has 1 fully saturated rings. The van der Waals surface area contributed by atoms with Gasteiger partial charge in [0.25, 0.3) is 10.2 Å². The van der Waals surface area contributed by atoms with Crippen molar-refractivity contribution >= 4 is 21.8 Å². The third-order valence-corrected chi connectivity index (χ3v) is 7.10. The number of anilines is 2. The van der Waals surface area contributed by atoms with Gasteiger partial charge in [-0.3, -0.25) is 4.98 Å². The number of rotatable bonds is 7. The lowest BCUT2D eigenvalue weighted by Gasteiger charge is -2.29. The van der Waals surface area contributed by atoms with Gasteiger partial charge in [0.2, 0.25) is 5.95 Å². The first-order valence-corrected chi connectivity index (χ1v) is 11.1. The highest BCUT2D eigenvalue weighted by Crippen LogP contribution is 2.34. The number of hydrogen-bond acceptors (Lipinski definition) is 6. The van der Waals surface area contributed by atoms with Gasteiger partial charge in [-0.05, 0) is 44.9 Å². The van der Waals surface area contributed by atoms with Gasteiger partial charge < -0.3 is 5.32 Å². The summed E-state index contributed by atoms with van der Waals surface area (Å²) in [5.74, 6) is 0.527. The third-order valence-electron chi connectivity index (χ3n) is 4.90. The van der Waals surface area contributed by atoms with E-state index in [-0.39, 0.29) is 6.04 Å². The average Bonchev–Trinajstić information content (AvgIpc) is 3.13. The molecule has 28 heavy (non-hydrogen) atoms. The Morgan fingerprint density at radius 2 is 1.86 bits per heavy atom. The van der Waals surface area contributed by atoms with Crippen molar-refractivity contribution in [3.8, 4) is 0 Å². The Kier molecular flexibility index (Phi) is 6.26. The molecule has 1 aliphatic rings. The van der Waals surface area contributed by atoms with Gasteiger partial charge in [-0.2, -0.15) is 17.0 Å².